The van der Waals surface area contributed by atoms with Crippen molar-refractivity contribution in [2.75, 3.05) is 13.1 Å². The lowest BCUT2D eigenvalue weighted by Gasteiger charge is -2.31. The normalized spacial score (nSPS) is 20.8. The second kappa shape index (κ2) is 7.22. The van der Waals surface area contributed by atoms with Crippen molar-refractivity contribution in [3.05, 3.63) is 58.8 Å². The number of allylic oxidation sites excluding steroid dienone is 2. The van der Waals surface area contributed by atoms with E-state index in [4.69, 9.17) is 4.98 Å². The van der Waals surface area contributed by atoms with E-state index in [1.807, 2.05) is 6.20 Å². The molecule has 0 N–H and O–H groups in total. The molecule has 4 heteroatoms. The van der Waals surface area contributed by atoms with Crippen LogP contribution in [0.3, 0.4) is 0 Å². The first-order valence-corrected chi connectivity index (χ1v) is 10.0. The summed E-state index contributed by atoms with van der Waals surface area (Å²) in [6.07, 6.45) is 9.17. The lowest BCUT2D eigenvalue weighted by atomic mass is 9.85. The van der Waals surface area contributed by atoms with E-state index < -0.39 is 0 Å². The number of fused-ring (bicyclic) bond motifs is 1. The van der Waals surface area contributed by atoms with E-state index in [0.717, 1.165) is 36.8 Å². The van der Waals surface area contributed by atoms with Gasteiger partial charge in [-0.2, -0.15) is 0 Å². The number of hydrogen-bond acceptors (Lipinski definition) is 4. The first-order valence-electron chi connectivity index (χ1n) is 9.13. The highest BCUT2D eigenvalue weighted by Crippen LogP contribution is 2.30. The summed E-state index contributed by atoms with van der Waals surface area (Å²) >= 11 is 1.70. The molecule has 3 nitrogen and oxygen atoms in total. The summed E-state index contributed by atoms with van der Waals surface area (Å²) in [5.74, 6) is 1.57. The standard InChI is InChI=1S/C21H25N3S/c1-15(2)17-7-5-16(6-8-17)13-24-10-9-19-18(14-24)12-22-21(23-19)20-4-3-11-25-20/h3-5,11-12,17H,1,6-10,13-14H2,2H3. The fourth-order valence-corrected chi connectivity index (χ4v) is 4.47. The van der Waals surface area contributed by atoms with Gasteiger partial charge in [0.15, 0.2) is 5.82 Å². The van der Waals surface area contributed by atoms with E-state index in [1.165, 1.54) is 36.1 Å². The highest BCUT2D eigenvalue weighted by Gasteiger charge is 2.21. The maximum atomic E-state index is 4.81. The van der Waals surface area contributed by atoms with Crippen molar-refractivity contribution in [3.8, 4) is 10.7 Å². The fourth-order valence-electron chi connectivity index (χ4n) is 3.80. The Morgan fingerprint density at radius 3 is 3.04 bits per heavy atom. The summed E-state index contributed by atoms with van der Waals surface area (Å²) in [7, 11) is 0. The van der Waals surface area contributed by atoms with Crippen molar-refractivity contribution in [1.82, 2.24) is 14.9 Å². The molecule has 0 saturated carbocycles. The quantitative estimate of drug-likeness (QED) is 0.736. The molecule has 25 heavy (non-hydrogen) atoms. The molecule has 2 aromatic heterocycles. The van der Waals surface area contributed by atoms with Crippen molar-refractivity contribution in [3.63, 3.8) is 0 Å². The highest BCUT2D eigenvalue weighted by molar-refractivity contribution is 7.13. The minimum absolute atomic E-state index is 0.690. The van der Waals surface area contributed by atoms with Crippen molar-refractivity contribution in [1.29, 1.82) is 0 Å². The van der Waals surface area contributed by atoms with Crippen LogP contribution < -0.4 is 0 Å². The van der Waals surface area contributed by atoms with Gasteiger partial charge in [-0.1, -0.05) is 29.9 Å². The van der Waals surface area contributed by atoms with Gasteiger partial charge in [-0.3, -0.25) is 4.90 Å². The molecule has 0 spiro atoms. The van der Waals surface area contributed by atoms with Crippen LogP contribution in [0.25, 0.3) is 10.7 Å². The van der Waals surface area contributed by atoms with Crippen molar-refractivity contribution in [2.24, 2.45) is 5.92 Å². The van der Waals surface area contributed by atoms with Gasteiger partial charge in [0, 0.05) is 37.8 Å². The van der Waals surface area contributed by atoms with Crippen LogP contribution in [-0.4, -0.2) is 28.0 Å². The Kier molecular flexibility index (Phi) is 4.82. The lowest BCUT2D eigenvalue weighted by Crippen LogP contribution is -2.33. The molecule has 0 aromatic carbocycles. The molecule has 0 bridgehead atoms. The molecule has 0 radical (unpaired) electrons. The average molecular weight is 352 g/mol. The number of aromatic nitrogens is 2. The van der Waals surface area contributed by atoms with E-state index in [0.29, 0.717) is 5.92 Å². The Labute approximate surface area is 154 Å². The zero-order chi connectivity index (χ0) is 17.2. The maximum Gasteiger partial charge on any atom is 0.169 e. The molecule has 0 amide bonds. The molecule has 1 unspecified atom stereocenters. The third kappa shape index (κ3) is 3.75. The van der Waals surface area contributed by atoms with E-state index in [9.17, 15) is 0 Å². The van der Waals surface area contributed by atoms with Gasteiger partial charge < -0.3 is 0 Å². The van der Waals surface area contributed by atoms with Gasteiger partial charge in [-0.05, 0) is 43.6 Å². The third-order valence-electron chi connectivity index (χ3n) is 5.38. The highest BCUT2D eigenvalue weighted by atomic mass is 32.1. The summed E-state index contributed by atoms with van der Waals surface area (Å²) in [6, 6.07) is 4.15. The zero-order valence-corrected chi connectivity index (χ0v) is 15.7. The molecular weight excluding hydrogens is 326 g/mol. The topological polar surface area (TPSA) is 29.0 Å². The first kappa shape index (κ1) is 16.7. The van der Waals surface area contributed by atoms with Gasteiger partial charge in [0.25, 0.3) is 0 Å². The van der Waals surface area contributed by atoms with Crippen LogP contribution in [0.5, 0.6) is 0 Å². The lowest BCUT2D eigenvalue weighted by molar-refractivity contribution is 0.267. The van der Waals surface area contributed by atoms with E-state index in [2.05, 4.69) is 47.0 Å². The Balaban J connectivity index is 1.41. The molecule has 0 fully saturated rings. The van der Waals surface area contributed by atoms with Gasteiger partial charge in [-0.15, -0.1) is 11.3 Å². The number of thiophene rings is 1. The first-order chi connectivity index (χ1) is 12.2. The number of hydrogen-bond donors (Lipinski definition) is 0. The summed E-state index contributed by atoms with van der Waals surface area (Å²) in [5.41, 5.74) is 5.45. The van der Waals surface area contributed by atoms with Gasteiger partial charge in [0.1, 0.15) is 0 Å². The second-order valence-corrected chi connectivity index (χ2v) is 8.23. The van der Waals surface area contributed by atoms with Gasteiger partial charge in [-0.25, -0.2) is 9.97 Å². The number of rotatable bonds is 4. The Morgan fingerprint density at radius 2 is 2.32 bits per heavy atom. The summed E-state index contributed by atoms with van der Waals surface area (Å²) in [5, 5.41) is 2.08. The van der Waals surface area contributed by atoms with Crippen LogP contribution in [0.1, 0.15) is 37.4 Å². The van der Waals surface area contributed by atoms with Crippen LogP contribution >= 0.6 is 11.3 Å². The molecule has 1 aliphatic heterocycles. The largest absolute Gasteiger partial charge is 0.295 e. The molecule has 2 aliphatic rings. The summed E-state index contributed by atoms with van der Waals surface area (Å²) in [6.45, 7) is 9.44. The molecule has 1 aliphatic carbocycles. The van der Waals surface area contributed by atoms with Crippen LogP contribution in [0.4, 0.5) is 0 Å². The van der Waals surface area contributed by atoms with Gasteiger partial charge in [0.2, 0.25) is 0 Å². The van der Waals surface area contributed by atoms with Crippen LogP contribution in [0.15, 0.2) is 47.5 Å². The Bertz CT molecular complexity index is 791. The second-order valence-electron chi connectivity index (χ2n) is 7.28. The minimum Gasteiger partial charge on any atom is -0.295 e. The van der Waals surface area contributed by atoms with Gasteiger partial charge in [0.05, 0.1) is 10.6 Å². The Morgan fingerprint density at radius 1 is 1.40 bits per heavy atom. The minimum atomic E-state index is 0.690. The molecule has 2 aromatic rings. The van der Waals surface area contributed by atoms with Gasteiger partial charge >= 0.3 is 0 Å². The molecule has 3 heterocycles. The Hall–Kier alpha value is -1.78. The van der Waals surface area contributed by atoms with Crippen molar-refractivity contribution in [2.45, 2.75) is 39.2 Å². The summed E-state index contributed by atoms with van der Waals surface area (Å²) < 4.78 is 0. The molecule has 0 saturated heterocycles. The van der Waals surface area contributed by atoms with Crippen molar-refractivity contribution >= 4 is 11.3 Å². The van der Waals surface area contributed by atoms with Crippen molar-refractivity contribution < 1.29 is 0 Å². The smallest absolute Gasteiger partial charge is 0.169 e. The monoisotopic (exact) mass is 351 g/mol. The van der Waals surface area contributed by atoms with Crippen LogP contribution in [0.2, 0.25) is 0 Å². The average Bonchev–Trinajstić information content (AvgIpc) is 3.16. The zero-order valence-electron chi connectivity index (χ0n) is 14.9. The predicted molar refractivity (Wildman–Crippen MR) is 105 cm³/mol. The summed E-state index contributed by atoms with van der Waals surface area (Å²) in [4.78, 5) is 13.1. The maximum absolute atomic E-state index is 4.81. The molecule has 4 rings (SSSR count). The molecule has 130 valence electrons. The van der Waals surface area contributed by atoms with Crippen LogP contribution in [0, 0.1) is 5.92 Å². The number of nitrogens with zero attached hydrogens (tertiary/aromatic N) is 3. The fraction of sp³-hybridized carbons (Fsp3) is 0.429. The predicted octanol–water partition coefficient (Wildman–Crippen LogP) is 4.87. The van der Waals surface area contributed by atoms with E-state index in [-0.39, 0.29) is 0 Å². The third-order valence-corrected chi connectivity index (χ3v) is 6.25. The molecule has 1 atom stereocenters. The van der Waals surface area contributed by atoms with E-state index >= 15 is 0 Å². The molecular formula is C21H25N3S. The van der Waals surface area contributed by atoms with Crippen LogP contribution in [-0.2, 0) is 13.0 Å². The van der Waals surface area contributed by atoms with E-state index in [1.54, 1.807) is 16.9 Å². The SMILES string of the molecule is C=C(C)C1CC=C(CN2CCc3nc(-c4cccs4)ncc3C2)CC1.